The summed E-state index contributed by atoms with van der Waals surface area (Å²) in [4.78, 5) is 29.0. The van der Waals surface area contributed by atoms with Crippen molar-refractivity contribution in [2.45, 2.75) is 13.0 Å². The molecule has 2 aromatic carbocycles. The minimum atomic E-state index is -0.182. The number of halogens is 1. The van der Waals surface area contributed by atoms with Crippen molar-refractivity contribution in [2.24, 2.45) is 0 Å². The fraction of sp³-hybridized carbons (Fsp3) is 0.364. The van der Waals surface area contributed by atoms with Crippen LogP contribution in [0, 0.1) is 0 Å². The summed E-state index contributed by atoms with van der Waals surface area (Å²) < 4.78 is 0.919. The lowest BCUT2D eigenvalue weighted by Gasteiger charge is -2.32. The molecule has 0 saturated carbocycles. The molecule has 0 unspecified atom stereocenters. The Kier molecular flexibility index (Phi) is 7.80. The lowest BCUT2D eigenvalue weighted by molar-refractivity contribution is -0.116. The molecule has 2 amide bonds. The van der Waals surface area contributed by atoms with Gasteiger partial charge in [0.25, 0.3) is 5.91 Å². The van der Waals surface area contributed by atoms with Crippen LogP contribution in [0.4, 0.5) is 5.69 Å². The van der Waals surface area contributed by atoms with E-state index in [0.717, 1.165) is 42.9 Å². The molecular formula is C22H27BrN4O2. The average Bonchev–Trinajstić information content (AvgIpc) is 2.71. The molecule has 0 aliphatic carbocycles. The van der Waals surface area contributed by atoms with Crippen LogP contribution in [0.5, 0.6) is 0 Å². The van der Waals surface area contributed by atoms with Gasteiger partial charge in [-0.15, -0.1) is 0 Å². The Hall–Kier alpha value is -2.22. The molecule has 1 aliphatic rings. The van der Waals surface area contributed by atoms with E-state index in [1.54, 1.807) is 12.1 Å². The number of nitrogens with one attached hydrogen (secondary N) is 2. The van der Waals surface area contributed by atoms with Crippen molar-refractivity contribution < 1.29 is 9.59 Å². The molecular weight excluding hydrogens is 432 g/mol. The van der Waals surface area contributed by atoms with Crippen molar-refractivity contribution in [2.75, 3.05) is 45.1 Å². The van der Waals surface area contributed by atoms with Gasteiger partial charge in [0.15, 0.2) is 0 Å². The van der Waals surface area contributed by atoms with Crippen LogP contribution >= 0.6 is 15.9 Å². The van der Waals surface area contributed by atoms with Crippen LogP contribution in [-0.4, -0.2) is 61.4 Å². The first-order valence-corrected chi connectivity index (χ1v) is 10.6. The summed E-state index contributed by atoms with van der Waals surface area (Å²) >= 11 is 3.34. The molecule has 0 aromatic heterocycles. The molecule has 154 valence electrons. The Bertz CT molecular complexity index is 816. The second-order valence-electron chi connectivity index (χ2n) is 7.34. The highest BCUT2D eigenvalue weighted by atomic mass is 79.9. The van der Waals surface area contributed by atoms with Crippen molar-refractivity contribution in [3.05, 3.63) is 64.1 Å². The van der Waals surface area contributed by atoms with E-state index in [1.165, 1.54) is 5.56 Å². The van der Waals surface area contributed by atoms with E-state index in [4.69, 9.17) is 0 Å². The Morgan fingerprint density at radius 3 is 2.28 bits per heavy atom. The van der Waals surface area contributed by atoms with E-state index >= 15 is 0 Å². The summed E-state index contributed by atoms with van der Waals surface area (Å²) in [6, 6.07) is 15.1. The molecule has 3 rings (SSSR count). The first kappa shape index (κ1) is 21.5. The van der Waals surface area contributed by atoms with Crippen LogP contribution < -0.4 is 10.6 Å². The lowest BCUT2D eigenvalue weighted by Crippen LogP contribution is -2.43. The number of anilines is 1. The van der Waals surface area contributed by atoms with Gasteiger partial charge in [0.2, 0.25) is 5.91 Å². The van der Waals surface area contributed by atoms with E-state index in [1.807, 2.05) is 24.3 Å². The largest absolute Gasteiger partial charge is 0.352 e. The van der Waals surface area contributed by atoms with Crippen LogP contribution in [0.3, 0.4) is 0 Å². The molecule has 6 nitrogen and oxygen atoms in total. The third-order valence-electron chi connectivity index (χ3n) is 4.98. The number of piperazine rings is 1. The molecule has 0 spiro atoms. The molecule has 0 radical (unpaired) electrons. The van der Waals surface area contributed by atoms with Crippen LogP contribution in [0.25, 0.3) is 0 Å². The summed E-state index contributed by atoms with van der Waals surface area (Å²) in [6.45, 7) is 5.60. The first-order chi connectivity index (χ1) is 14.0. The second-order valence-corrected chi connectivity index (χ2v) is 8.25. The van der Waals surface area contributed by atoms with Gasteiger partial charge in [0.05, 0.1) is 0 Å². The summed E-state index contributed by atoms with van der Waals surface area (Å²) in [5.74, 6) is -0.300. The molecule has 1 heterocycles. The summed E-state index contributed by atoms with van der Waals surface area (Å²) in [6.07, 6.45) is 0.227. The van der Waals surface area contributed by atoms with Gasteiger partial charge in [-0.3, -0.25) is 14.5 Å². The number of hydrogen-bond donors (Lipinski definition) is 2. The maximum atomic E-state index is 12.1. The number of rotatable bonds is 7. The predicted octanol–water partition coefficient (Wildman–Crippen LogP) is 2.96. The number of nitrogens with zero attached hydrogens (tertiary/aromatic N) is 2. The quantitative estimate of drug-likeness (QED) is 0.669. The normalized spacial score (nSPS) is 15.1. The second kappa shape index (κ2) is 10.5. The summed E-state index contributed by atoms with van der Waals surface area (Å²) in [5.41, 5.74) is 2.59. The predicted molar refractivity (Wildman–Crippen MR) is 119 cm³/mol. The fourth-order valence-corrected chi connectivity index (χ4v) is 3.44. The fourth-order valence-electron chi connectivity index (χ4n) is 3.17. The monoisotopic (exact) mass is 458 g/mol. The van der Waals surface area contributed by atoms with Crippen LogP contribution in [0.15, 0.2) is 53.0 Å². The molecule has 2 aromatic rings. The highest BCUT2D eigenvalue weighted by molar-refractivity contribution is 9.10. The average molecular weight is 459 g/mol. The third-order valence-corrected chi connectivity index (χ3v) is 5.51. The lowest BCUT2D eigenvalue weighted by atomic mass is 10.1. The number of carbonyl (C=O) groups excluding carboxylic acids is 2. The molecule has 0 atom stereocenters. The van der Waals surface area contributed by atoms with E-state index in [-0.39, 0.29) is 18.2 Å². The summed E-state index contributed by atoms with van der Waals surface area (Å²) in [7, 11) is 2.15. The Morgan fingerprint density at radius 2 is 1.62 bits per heavy atom. The van der Waals surface area contributed by atoms with Gasteiger partial charge < -0.3 is 15.5 Å². The highest BCUT2D eigenvalue weighted by Gasteiger charge is 2.14. The SMILES string of the molecule is CN1CCN(Cc2ccc(NC(=O)CCNC(=O)c3ccc(Br)cc3)cc2)CC1. The zero-order chi connectivity index (χ0) is 20.6. The Balaban J connectivity index is 1.38. The van der Waals surface area contributed by atoms with Gasteiger partial charge in [-0.25, -0.2) is 0 Å². The minimum Gasteiger partial charge on any atom is -0.352 e. The molecule has 29 heavy (non-hydrogen) atoms. The van der Waals surface area contributed by atoms with Gasteiger partial charge in [0.1, 0.15) is 0 Å². The Morgan fingerprint density at radius 1 is 0.966 bits per heavy atom. The molecule has 1 aliphatic heterocycles. The molecule has 0 bridgehead atoms. The third kappa shape index (κ3) is 6.96. The van der Waals surface area contributed by atoms with Gasteiger partial charge in [-0.2, -0.15) is 0 Å². The molecule has 2 N–H and O–H groups in total. The number of likely N-dealkylation sites (N-methyl/N-ethyl adjacent to an activating group) is 1. The van der Waals surface area contributed by atoms with Crippen molar-refractivity contribution in [1.82, 2.24) is 15.1 Å². The summed E-state index contributed by atoms with van der Waals surface area (Å²) in [5, 5.41) is 5.65. The maximum absolute atomic E-state index is 12.1. The zero-order valence-corrected chi connectivity index (χ0v) is 18.2. The zero-order valence-electron chi connectivity index (χ0n) is 16.7. The van der Waals surface area contributed by atoms with Gasteiger partial charge >= 0.3 is 0 Å². The van der Waals surface area contributed by atoms with E-state index in [0.29, 0.717) is 12.1 Å². The topological polar surface area (TPSA) is 64.7 Å². The molecule has 1 fully saturated rings. The van der Waals surface area contributed by atoms with E-state index < -0.39 is 0 Å². The number of hydrogen-bond acceptors (Lipinski definition) is 4. The van der Waals surface area contributed by atoms with E-state index in [9.17, 15) is 9.59 Å². The molecule has 7 heteroatoms. The smallest absolute Gasteiger partial charge is 0.251 e. The standard InChI is InChI=1S/C22H27BrN4O2/c1-26-12-14-27(15-13-26)16-17-2-8-20(9-3-17)25-21(28)10-11-24-22(29)18-4-6-19(23)7-5-18/h2-9H,10-16H2,1H3,(H,24,29)(H,25,28). The van der Waals surface area contributed by atoms with Crippen molar-refractivity contribution >= 4 is 33.4 Å². The van der Waals surface area contributed by atoms with Crippen molar-refractivity contribution in [1.29, 1.82) is 0 Å². The molecule has 1 saturated heterocycles. The maximum Gasteiger partial charge on any atom is 0.251 e. The minimum absolute atomic E-state index is 0.118. The first-order valence-electron chi connectivity index (χ1n) is 9.83. The van der Waals surface area contributed by atoms with Crippen LogP contribution in [0.2, 0.25) is 0 Å². The highest BCUT2D eigenvalue weighted by Crippen LogP contribution is 2.13. The number of benzene rings is 2. The van der Waals surface area contributed by atoms with Crippen LogP contribution in [-0.2, 0) is 11.3 Å². The Labute approximate surface area is 180 Å². The number of carbonyl (C=O) groups is 2. The van der Waals surface area contributed by atoms with Crippen molar-refractivity contribution in [3.63, 3.8) is 0 Å². The van der Waals surface area contributed by atoms with Crippen LogP contribution in [0.1, 0.15) is 22.3 Å². The van der Waals surface area contributed by atoms with Gasteiger partial charge in [0, 0.05) is 61.4 Å². The van der Waals surface area contributed by atoms with Crippen molar-refractivity contribution in [3.8, 4) is 0 Å². The number of amides is 2. The van der Waals surface area contributed by atoms with Gasteiger partial charge in [-0.1, -0.05) is 28.1 Å². The van der Waals surface area contributed by atoms with E-state index in [2.05, 4.69) is 55.5 Å². The van der Waals surface area contributed by atoms with Gasteiger partial charge in [-0.05, 0) is 49.0 Å².